The molecular formula is C12H19BrN2O3S. The second-order valence-corrected chi connectivity index (χ2v) is 7.31. The van der Waals surface area contributed by atoms with E-state index in [2.05, 4.69) is 25.6 Å². The largest absolute Gasteiger partial charge is 0.336 e. The summed E-state index contributed by atoms with van der Waals surface area (Å²) in [5, 5.41) is 0. The van der Waals surface area contributed by atoms with Crippen molar-refractivity contribution in [3.05, 3.63) is 28.5 Å². The normalized spacial score (nSPS) is 12.6. The molecule has 1 rings (SSSR count). The molecule has 0 amide bonds. The average molecular weight is 351 g/mol. The van der Waals surface area contributed by atoms with E-state index >= 15 is 0 Å². The minimum atomic E-state index is -3.67. The zero-order valence-corrected chi connectivity index (χ0v) is 13.7. The third kappa shape index (κ3) is 7.61. The van der Waals surface area contributed by atoms with E-state index in [0.29, 0.717) is 13.0 Å². The molecule has 1 aromatic rings. The van der Waals surface area contributed by atoms with E-state index < -0.39 is 15.9 Å². The van der Waals surface area contributed by atoms with Crippen LogP contribution in [0.15, 0.2) is 22.9 Å². The molecule has 0 unspecified atom stereocenters. The van der Waals surface area contributed by atoms with Crippen LogP contribution >= 0.6 is 15.9 Å². The number of aromatic nitrogens is 1. The molecule has 0 atom stereocenters. The highest BCUT2D eigenvalue weighted by molar-refractivity contribution is 9.10. The molecule has 1 N–H and O–H groups in total. The number of nitrogens with one attached hydrogen (secondary N) is 1. The highest BCUT2D eigenvalue weighted by Gasteiger charge is 2.20. The summed E-state index contributed by atoms with van der Waals surface area (Å²) in [6, 6.07) is 3.82. The second kappa shape index (κ2) is 6.78. The van der Waals surface area contributed by atoms with Crippen molar-refractivity contribution in [2.45, 2.75) is 39.2 Å². The summed E-state index contributed by atoms with van der Waals surface area (Å²) < 4.78 is 31.2. The van der Waals surface area contributed by atoms with E-state index in [9.17, 15) is 8.42 Å². The Morgan fingerprint density at radius 1 is 1.37 bits per heavy atom. The van der Waals surface area contributed by atoms with Gasteiger partial charge in [-0.15, -0.1) is 0 Å². The lowest BCUT2D eigenvalue weighted by atomic mass is 10.2. The summed E-state index contributed by atoms with van der Waals surface area (Å²) in [5.74, 6) is 0. The predicted octanol–water partition coefficient (Wildman–Crippen LogP) is 2.43. The molecule has 0 aliphatic carbocycles. The minimum Gasteiger partial charge on any atom is -0.252 e. The minimum absolute atomic E-state index is 0.342. The van der Waals surface area contributed by atoms with Gasteiger partial charge in [-0.25, -0.2) is 4.98 Å². The molecule has 0 aliphatic heterocycles. The van der Waals surface area contributed by atoms with Gasteiger partial charge in [-0.1, -0.05) is 6.07 Å². The Morgan fingerprint density at radius 3 is 2.58 bits per heavy atom. The van der Waals surface area contributed by atoms with Crippen molar-refractivity contribution >= 4 is 26.2 Å². The summed E-state index contributed by atoms with van der Waals surface area (Å²) in [5.41, 5.74) is 0.348. The van der Waals surface area contributed by atoms with E-state index in [1.165, 1.54) is 0 Å². The van der Waals surface area contributed by atoms with Crippen LogP contribution in [-0.2, 0) is 20.9 Å². The number of halogens is 1. The SMILES string of the molecule is CC(C)(C)OS(=O)(=O)NCCCc1ccc(Br)nc1. The Kier molecular flexibility index (Phi) is 5.91. The Balaban J connectivity index is 2.33. The number of hydrogen-bond donors (Lipinski definition) is 1. The Bertz CT molecular complexity index is 495. The van der Waals surface area contributed by atoms with Crippen molar-refractivity contribution in [1.29, 1.82) is 0 Å². The smallest absolute Gasteiger partial charge is 0.252 e. The first-order valence-corrected chi connectivity index (χ1v) is 8.19. The Morgan fingerprint density at radius 2 is 2.05 bits per heavy atom. The number of hydrogen-bond acceptors (Lipinski definition) is 4. The van der Waals surface area contributed by atoms with Crippen molar-refractivity contribution in [1.82, 2.24) is 9.71 Å². The lowest BCUT2D eigenvalue weighted by Gasteiger charge is -2.18. The standard InChI is InChI=1S/C12H19BrN2O3S/c1-12(2,3)18-19(16,17)15-8-4-5-10-6-7-11(13)14-9-10/h6-7,9,15H,4-5,8H2,1-3H3. The molecule has 1 aromatic heterocycles. The fraction of sp³-hybridized carbons (Fsp3) is 0.583. The summed E-state index contributed by atoms with van der Waals surface area (Å²) in [7, 11) is -3.67. The van der Waals surface area contributed by atoms with E-state index in [4.69, 9.17) is 4.18 Å². The lowest BCUT2D eigenvalue weighted by Crippen LogP contribution is -2.34. The van der Waals surface area contributed by atoms with Crippen molar-refractivity contribution in [3.63, 3.8) is 0 Å². The number of pyridine rings is 1. The zero-order chi connectivity index (χ0) is 14.5. The van der Waals surface area contributed by atoms with Gasteiger partial charge in [0.2, 0.25) is 0 Å². The van der Waals surface area contributed by atoms with Crippen molar-refractivity contribution in [3.8, 4) is 0 Å². The summed E-state index contributed by atoms with van der Waals surface area (Å²) in [6.45, 7) is 5.42. The van der Waals surface area contributed by atoms with E-state index in [-0.39, 0.29) is 0 Å². The maximum Gasteiger partial charge on any atom is 0.336 e. The van der Waals surface area contributed by atoms with Gasteiger partial charge in [0.1, 0.15) is 4.60 Å². The molecule has 1 heterocycles. The molecule has 0 radical (unpaired) electrons. The van der Waals surface area contributed by atoms with Crippen LogP contribution in [0.1, 0.15) is 32.8 Å². The highest BCUT2D eigenvalue weighted by Crippen LogP contribution is 2.11. The van der Waals surface area contributed by atoms with E-state index in [1.54, 1.807) is 27.0 Å². The lowest BCUT2D eigenvalue weighted by molar-refractivity contribution is 0.136. The highest BCUT2D eigenvalue weighted by atomic mass is 79.9. The molecule has 0 saturated carbocycles. The molecular weight excluding hydrogens is 332 g/mol. The molecule has 7 heteroatoms. The first kappa shape index (κ1) is 16.6. The summed E-state index contributed by atoms with van der Waals surface area (Å²) >= 11 is 3.26. The number of rotatable bonds is 6. The van der Waals surface area contributed by atoms with Crippen molar-refractivity contribution in [2.75, 3.05) is 6.54 Å². The average Bonchev–Trinajstić information content (AvgIpc) is 2.23. The van der Waals surface area contributed by atoms with Crippen molar-refractivity contribution < 1.29 is 12.6 Å². The maximum atomic E-state index is 11.6. The number of aryl methyl sites for hydroxylation is 1. The van der Waals surface area contributed by atoms with Gasteiger partial charge in [0.05, 0.1) is 5.60 Å². The van der Waals surface area contributed by atoms with Gasteiger partial charge < -0.3 is 0 Å². The van der Waals surface area contributed by atoms with Crippen molar-refractivity contribution in [2.24, 2.45) is 0 Å². The van der Waals surface area contributed by atoms with Gasteiger partial charge >= 0.3 is 10.3 Å². The Hall–Kier alpha value is -0.500. The molecule has 0 aliphatic rings. The molecule has 0 aromatic carbocycles. The molecule has 0 fully saturated rings. The molecule has 0 spiro atoms. The maximum absolute atomic E-state index is 11.6. The first-order valence-electron chi connectivity index (χ1n) is 5.99. The zero-order valence-electron chi connectivity index (χ0n) is 11.3. The van der Waals surface area contributed by atoms with Gasteiger partial charge in [-0.05, 0) is 61.2 Å². The van der Waals surface area contributed by atoms with E-state index in [1.807, 2.05) is 12.1 Å². The fourth-order valence-electron chi connectivity index (χ4n) is 1.40. The van der Waals surface area contributed by atoms with Gasteiger partial charge in [-0.2, -0.15) is 13.1 Å². The Labute approximate surface area is 123 Å². The fourth-order valence-corrected chi connectivity index (χ4v) is 2.75. The molecule has 0 saturated heterocycles. The molecule has 0 bridgehead atoms. The third-order valence-corrected chi connectivity index (χ3v) is 3.82. The van der Waals surface area contributed by atoms with Gasteiger partial charge in [-0.3, -0.25) is 4.18 Å². The van der Waals surface area contributed by atoms with Crippen LogP contribution in [0, 0.1) is 0 Å². The monoisotopic (exact) mass is 350 g/mol. The van der Waals surface area contributed by atoms with E-state index in [0.717, 1.165) is 16.6 Å². The third-order valence-electron chi connectivity index (χ3n) is 2.07. The summed E-state index contributed by atoms with van der Waals surface area (Å²) in [4.78, 5) is 4.11. The second-order valence-electron chi connectivity index (χ2n) is 5.14. The van der Waals surface area contributed by atoms with Crippen LogP contribution < -0.4 is 4.72 Å². The molecule has 19 heavy (non-hydrogen) atoms. The number of nitrogens with zero attached hydrogens (tertiary/aromatic N) is 1. The first-order chi connectivity index (χ1) is 8.68. The molecule has 5 nitrogen and oxygen atoms in total. The van der Waals surface area contributed by atoms with Crippen LogP contribution in [0.5, 0.6) is 0 Å². The van der Waals surface area contributed by atoms with Crippen LogP contribution in [0.3, 0.4) is 0 Å². The van der Waals surface area contributed by atoms with Gasteiger partial charge in [0.15, 0.2) is 0 Å². The predicted molar refractivity (Wildman–Crippen MR) is 78.0 cm³/mol. The topological polar surface area (TPSA) is 68.3 Å². The summed E-state index contributed by atoms with van der Waals surface area (Å²) in [6.07, 6.45) is 3.22. The van der Waals surface area contributed by atoms with Crippen LogP contribution in [-0.4, -0.2) is 25.5 Å². The molecule has 108 valence electrons. The quantitative estimate of drug-likeness (QED) is 0.631. The van der Waals surface area contributed by atoms with Crippen LogP contribution in [0.4, 0.5) is 0 Å². The van der Waals surface area contributed by atoms with Gasteiger partial charge in [0.25, 0.3) is 0 Å². The van der Waals surface area contributed by atoms with Crippen LogP contribution in [0.2, 0.25) is 0 Å². The van der Waals surface area contributed by atoms with Gasteiger partial charge in [0, 0.05) is 12.7 Å². The van der Waals surface area contributed by atoms with Crippen LogP contribution in [0.25, 0.3) is 0 Å².